The van der Waals surface area contributed by atoms with Crippen LogP contribution in [0.4, 0.5) is 0 Å². The molecule has 0 aromatic heterocycles. The van der Waals surface area contributed by atoms with Crippen LogP contribution < -0.4 is 47.9 Å². The number of aliphatic carboxylic acids is 1. The first-order chi connectivity index (χ1) is 29.3. The molecule has 2 saturated carbocycles. The Balaban J connectivity index is 1.50. The highest BCUT2D eigenvalue weighted by molar-refractivity contribution is 8.00. The summed E-state index contributed by atoms with van der Waals surface area (Å²) in [6, 6.07) is 0.610. The first-order valence-corrected chi connectivity index (χ1v) is 23.1. The number of carboxylic acid groups (broad SMARTS) is 1. The number of amides is 9. The zero-order chi connectivity index (χ0) is 44.7. The van der Waals surface area contributed by atoms with E-state index in [-0.39, 0.29) is 132 Å². The SMILES string of the molecule is O=C(O)CNC(=O)CN(CCCNC(=O)CCNC(=O)CCNC(=O)CCSCC(=O)NC1CC1)CCCNC(=O)CCNC(=O)CCNC(=O)CCSCC(=O)NC1CC1. The van der Waals surface area contributed by atoms with E-state index in [1.807, 2.05) is 0 Å². The van der Waals surface area contributed by atoms with Gasteiger partial charge in [0.1, 0.15) is 6.54 Å². The Morgan fingerprint density at radius 1 is 0.443 bits per heavy atom. The Bertz CT molecular complexity index is 1380. The first kappa shape index (κ1) is 52.5. The number of carbonyl (C=O) groups is 10. The van der Waals surface area contributed by atoms with Gasteiger partial charge >= 0.3 is 5.97 Å². The minimum atomic E-state index is -1.18. The number of nitrogens with zero attached hydrogens (tertiary/aromatic N) is 1. The van der Waals surface area contributed by atoms with E-state index in [1.54, 1.807) is 4.90 Å². The van der Waals surface area contributed by atoms with E-state index in [0.29, 0.717) is 61.0 Å². The second-order valence-electron chi connectivity index (χ2n) is 14.5. The van der Waals surface area contributed by atoms with Crippen LogP contribution in [-0.4, -0.2) is 170 Å². The maximum Gasteiger partial charge on any atom is 0.322 e. The summed E-state index contributed by atoms with van der Waals surface area (Å²) < 4.78 is 0. The molecule has 0 unspecified atom stereocenters. The van der Waals surface area contributed by atoms with Crippen molar-refractivity contribution in [2.45, 2.75) is 89.1 Å². The molecule has 61 heavy (non-hydrogen) atoms. The highest BCUT2D eigenvalue weighted by Gasteiger charge is 2.24. The molecule has 2 aliphatic rings. The standard InChI is InChI=1S/C38H64N10O11S2/c49-29(7-15-41-31(51)9-17-43-33(53)11-21-60-25-36(56)46-27-3-4-27)39-13-1-19-48(24-35(55)45-23-38(58)59)20-2-14-40-30(50)8-16-42-32(52)10-18-44-34(54)12-22-61-26-37(57)47-28-5-6-28/h27-28H,1-26H2,(H,39,49)(H,40,50)(H,41,51)(H,42,52)(H,43,53)(H,44,54)(H,45,55)(H,46,56)(H,47,57)(H,58,59). The lowest BCUT2D eigenvalue weighted by molar-refractivity contribution is -0.138. The van der Waals surface area contributed by atoms with Crippen molar-refractivity contribution in [3.8, 4) is 0 Å². The number of nitrogens with one attached hydrogen (secondary N) is 9. The summed E-state index contributed by atoms with van der Waals surface area (Å²) in [6.07, 6.45) is 5.66. The molecule has 0 spiro atoms. The van der Waals surface area contributed by atoms with Crippen LogP contribution in [0.3, 0.4) is 0 Å². The van der Waals surface area contributed by atoms with Crippen molar-refractivity contribution in [2.24, 2.45) is 0 Å². The largest absolute Gasteiger partial charge is 0.480 e. The molecule has 0 aliphatic heterocycles. The topological polar surface area (TPSA) is 302 Å². The summed E-state index contributed by atoms with van der Waals surface area (Å²) in [5, 5.41) is 33.1. The van der Waals surface area contributed by atoms with Gasteiger partial charge in [0.05, 0.1) is 18.1 Å². The molecule has 0 saturated heterocycles. The van der Waals surface area contributed by atoms with Gasteiger partial charge in [-0.1, -0.05) is 0 Å². The van der Waals surface area contributed by atoms with E-state index in [0.717, 1.165) is 25.7 Å². The monoisotopic (exact) mass is 900 g/mol. The number of carboxylic acids is 1. The lowest BCUT2D eigenvalue weighted by Crippen LogP contribution is -2.41. The van der Waals surface area contributed by atoms with E-state index in [1.165, 1.54) is 23.5 Å². The van der Waals surface area contributed by atoms with Crippen molar-refractivity contribution >= 4 is 82.7 Å². The zero-order valence-corrected chi connectivity index (χ0v) is 36.5. The lowest BCUT2D eigenvalue weighted by atomic mass is 10.3. The Morgan fingerprint density at radius 2 is 0.787 bits per heavy atom. The molecule has 23 heteroatoms. The fraction of sp³-hybridized carbons (Fsp3) is 0.737. The van der Waals surface area contributed by atoms with Crippen LogP contribution in [0.25, 0.3) is 0 Å². The number of hydrogen-bond donors (Lipinski definition) is 10. The van der Waals surface area contributed by atoms with Crippen LogP contribution in [0.1, 0.15) is 77.0 Å². The Hall–Kier alpha value is -4.64. The Labute approximate surface area is 365 Å². The van der Waals surface area contributed by atoms with Gasteiger partial charge in [-0.05, 0) is 38.5 Å². The molecule has 10 N–H and O–H groups in total. The van der Waals surface area contributed by atoms with Crippen molar-refractivity contribution in [2.75, 3.05) is 88.5 Å². The molecule has 344 valence electrons. The molecular weight excluding hydrogens is 837 g/mol. The summed E-state index contributed by atoms with van der Waals surface area (Å²) >= 11 is 2.76. The summed E-state index contributed by atoms with van der Waals surface area (Å²) in [7, 11) is 0. The zero-order valence-electron chi connectivity index (χ0n) is 34.8. The molecule has 0 heterocycles. The molecule has 21 nitrogen and oxygen atoms in total. The normalized spacial score (nSPS) is 13.0. The maximum absolute atomic E-state index is 12.3. The van der Waals surface area contributed by atoms with Gasteiger partial charge in [-0.25, -0.2) is 0 Å². The fourth-order valence-corrected chi connectivity index (χ4v) is 6.70. The third kappa shape index (κ3) is 31.8. The van der Waals surface area contributed by atoms with Crippen LogP contribution in [0.2, 0.25) is 0 Å². The highest BCUT2D eigenvalue weighted by atomic mass is 32.2. The van der Waals surface area contributed by atoms with Crippen LogP contribution >= 0.6 is 23.5 Å². The van der Waals surface area contributed by atoms with Gasteiger partial charge in [0.25, 0.3) is 0 Å². The molecule has 0 bridgehead atoms. The van der Waals surface area contributed by atoms with E-state index in [4.69, 9.17) is 5.11 Å². The second kappa shape index (κ2) is 32.1. The minimum Gasteiger partial charge on any atom is -0.480 e. The molecule has 0 aromatic carbocycles. The molecule has 2 rings (SSSR count). The van der Waals surface area contributed by atoms with Gasteiger partial charge in [0.2, 0.25) is 53.2 Å². The van der Waals surface area contributed by atoms with Gasteiger partial charge in [0, 0.05) is 114 Å². The molecule has 0 radical (unpaired) electrons. The number of thioether (sulfide) groups is 2. The molecule has 0 aromatic rings. The molecule has 0 atom stereocenters. The van der Waals surface area contributed by atoms with Gasteiger partial charge in [-0.3, -0.25) is 52.8 Å². The van der Waals surface area contributed by atoms with Gasteiger partial charge < -0.3 is 53.0 Å². The van der Waals surface area contributed by atoms with Crippen LogP contribution in [-0.2, 0) is 47.9 Å². The number of carbonyl (C=O) groups excluding carboxylic acids is 9. The van der Waals surface area contributed by atoms with Gasteiger partial charge in [-0.15, -0.1) is 0 Å². The van der Waals surface area contributed by atoms with Crippen LogP contribution in [0.5, 0.6) is 0 Å². The Kier molecular flexibility index (Phi) is 27.6. The minimum absolute atomic E-state index is 0.0258. The second-order valence-corrected chi connectivity index (χ2v) is 16.8. The van der Waals surface area contributed by atoms with E-state index in [9.17, 15) is 47.9 Å². The first-order valence-electron chi connectivity index (χ1n) is 20.8. The van der Waals surface area contributed by atoms with E-state index >= 15 is 0 Å². The average molecular weight is 901 g/mol. The van der Waals surface area contributed by atoms with Crippen LogP contribution in [0.15, 0.2) is 0 Å². The number of rotatable bonds is 36. The molecular formula is C38H64N10O11S2. The summed E-state index contributed by atoms with van der Waals surface area (Å²) in [4.78, 5) is 121. The average Bonchev–Trinajstić information content (AvgIpc) is 4.16. The fourth-order valence-electron chi connectivity index (χ4n) is 5.21. The third-order valence-electron chi connectivity index (χ3n) is 8.75. The van der Waals surface area contributed by atoms with Crippen molar-refractivity contribution < 1.29 is 53.1 Å². The molecule has 2 aliphatic carbocycles. The Morgan fingerprint density at radius 3 is 1.13 bits per heavy atom. The smallest absolute Gasteiger partial charge is 0.322 e. The van der Waals surface area contributed by atoms with Crippen molar-refractivity contribution in [1.82, 2.24) is 52.8 Å². The molecule has 9 amide bonds. The summed E-state index contributed by atoms with van der Waals surface area (Å²) in [5.74, 6) is -1.76. The highest BCUT2D eigenvalue weighted by Crippen LogP contribution is 2.19. The quantitative estimate of drug-likeness (QED) is 0.0287. The summed E-state index contributed by atoms with van der Waals surface area (Å²) in [6.45, 7) is 1.23. The predicted molar refractivity (Wildman–Crippen MR) is 229 cm³/mol. The van der Waals surface area contributed by atoms with E-state index < -0.39 is 18.4 Å². The van der Waals surface area contributed by atoms with Crippen molar-refractivity contribution in [3.63, 3.8) is 0 Å². The maximum atomic E-state index is 12.3. The number of hydrogen-bond acceptors (Lipinski definition) is 13. The van der Waals surface area contributed by atoms with Gasteiger partial charge in [-0.2, -0.15) is 23.5 Å². The van der Waals surface area contributed by atoms with Crippen molar-refractivity contribution in [1.29, 1.82) is 0 Å². The van der Waals surface area contributed by atoms with E-state index in [2.05, 4.69) is 47.9 Å². The summed E-state index contributed by atoms with van der Waals surface area (Å²) in [5.41, 5.74) is 0. The van der Waals surface area contributed by atoms with Gasteiger partial charge in [0.15, 0.2) is 0 Å². The lowest BCUT2D eigenvalue weighted by Gasteiger charge is -2.22. The van der Waals surface area contributed by atoms with Crippen LogP contribution in [0, 0.1) is 0 Å². The van der Waals surface area contributed by atoms with Crippen molar-refractivity contribution in [3.05, 3.63) is 0 Å². The predicted octanol–water partition coefficient (Wildman–Crippen LogP) is -2.67. The molecule has 2 fully saturated rings. The third-order valence-corrected chi connectivity index (χ3v) is 10.7.